The highest BCUT2D eigenvalue weighted by Gasteiger charge is 2.15. The van der Waals surface area contributed by atoms with Crippen molar-refractivity contribution in [3.8, 4) is 0 Å². The molecule has 19 heavy (non-hydrogen) atoms. The van der Waals surface area contributed by atoms with Crippen LogP contribution in [0.5, 0.6) is 0 Å². The number of benzene rings is 1. The second-order valence-corrected chi connectivity index (χ2v) is 5.90. The molecule has 0 radical (unpaired) electrons. The van der Waals surface area contributed by atoms with E-state index in [1.807, 2.05) is 26.1 Å². The Morgan fingerprint density at radius 3 is 2.74 bits per heavy atom. The van der Waals surface area contributed by atoms with Crippen molar-refractivity contribution in [3.05, 3.63) is 45.4 Å². The number of aryl methyl sites for hydroxylation is 2. The van der Waals surface area contributed by atoms with Gasteiger partial charge in [0, 0.05) is 29.4 Å². The lowest BCUT2D eigenvalue weighted by Gasteiger charge is -2.17. The average Bonchev–Trinajstić information content (AvgIpc) is 2.74. The Morgan fingerprint density at radius 1 is 1.42 bits per heavy atom. The summed E-state index contributed by atoms with van der Waals surface area (Å²) in [7, 11) is 1.80. The van der Waals surface area contributed by atoms with E-state index in [9.17, 15) is 4.79 Å². The molecule has 100 valence electrons. The molecule has 1 aromatic heterocycles. The highest BCUT2D eigenvalue weighted by atomic mass is 32.1. The molecule has 2 N–H and O–H groups in total. The average molecular weight is 275 g/mol. The lowest BCUT2D eigenvalue weighted by Crippen LogP contribution is -2.26. The van der Waals surface area contributed by atoms with Crippen molar-refractivity contribution in [1.82, 2.24) is 9.88 Å². The molecule has 2 rings (SSSR count). The van der Waals surface area contributed by atoms with Gasteiger partial charge in [-0.05, 0) is 37.6 Å². The largest absolute Gasteiger partial charge is 0.399 e. The molecule has 0 saturated heterocycles. The second kappa shape index (κ2) is 5.40. The quantitative estimate of drug-likeness (QED) is 0.876. The number of hydrogen-bond donors (Lipinski definition) is 1. The predicted octanol–water partition coefficient (Wildman–Crippen LogP) is 2.61. The van der Waals surface area contributed by atoms with Crippen molar-refractivity contribution in [2.24, 2.45) is 0 Å². The summed E-state index contributed by atoms with van der Waals surface area (Å²) in [5.74, 6) is 0.00329. The van der Waals surface area contributed by atoms with Crippen LogP contribution in [-0.4, -0.2) is 22.8 Å². The summed E-state index contributed by atoms with van der Waals surface area (Å²) in [5, 5.41) is 1.01. The lowest BCUT2D eigenvalue weighted by atomic mass is 10.1. The van der Waals surface area contributed by atoms with Crippen LogP contribution in [0, 0.1) is 13.8 Å². The van der Waals surface area contributed by atoms with Gasteiger partial charge in [-0.1, -0.05) is 0 Å². The number of hydrogen-bond acceptors (Lipinski definition) is 4. The topological polar surface area (TPSA) is 59.2 Å². The zero-order chi connectivity index (χ0) is 14.0. The third kappa shape index (κ3) is 3.12. The molecule has 4 nitrogen and oxygen atoms in total. The SMILES string of the molecule is Cc1ncc(CN(C)C(=O)c2ccc(N)cc2C)s1. The minimum Gasteiger partial charge on any atom is -0.399 e. The molecule has 1 heterocycles. The number of anilines is 1. The molecule has 5 heteroatoms. The van der Waals surface area contributed by atoms with Crippen molar-refractivity contribution in [2.45, 2.75) is 20.4 Å². The first kappa shape index (κ1) is 13.5. The van der Waals surface area contributed by atoms with E-state index in [2.05, 4.69) is 4.98 Å². The van der Waals surface area contributed by atoms with Crippen LogP contribution < -0.4 is 5.73 Å². The van der Waals surface area contributed by atoms with E-state index in [0.29, 0.717) is 17.8 Å². The summed E-state index contributed by atoms with van der Waals surface area (Å²) in [4.78, 5) is 19.3. The minimum absolute atomic E-state index is 0.00329. The Morgan fingerprint density at radius 2 is 2.16 bits per heavy atom. The van der Waals surface area contributed by atoms with Gasteiger partial charge in [0.25, 0.3) is 5.91 Å². The zero-order valence-corrected chi connectivity index (χ0v) is 12.1. The van der Waals surface area contributed by atoms with E-state index >= 15 is 0 Å². The first-order chi connectivity index (χ1) is 8.97. The van der Waals surface area contributed by atoms with Crippen molar-refractivity contribution >= 4 is 22.9 Å². The standard InChI is InChI=1S/C14H17N3OS/c1-9-6-11(15)4-5-13(9)14(18)17(3)8-12-7-16-10(2)19-12/h4-7H,8,15H2,1-3H3. The monoisotopic (exact) mass is 275 g/mol. The Bertz CT molecular complexity index is 606. The first-order valence-corrected chi connectivity index (χ1v) is 6.82. The van der Waals surface area contributed by atoms with Crippen molar-refractivity contribution in [1.29, 1.82) is 0 Å². The van der Waals surface area contributed by atoms with E-state index in [-0.39, 0.29) is 5.91 Å². The number of carbonyl (C=O) groups excluding carboxylic acids is 1. The fourth-order valence-electron chi connectivity index (χ4n) is 1.92. The van der Waals surface area contributed by atoms with E-state index in [4.69, 9.17) is 5.73 Å². The van der Waals surface area contributed by atoms with Crippen LogP contribution in [0.4, 0.5) is 5.69 Å². The molecule has 2 aromatic rings. The van der Waals surface area contributed by atoms with Crippen LogP contribution in [0.15, 0.2) is 24.4 Å². The van der Waals surface area contributed by atoms with Crippen LogP contribution in [0.2, 0.25) is 0 Å². The Labute approximate surface area is 116 Å². The summed E-state index contributed by atoms with van der Waals surface area (Å²) in [6.07, 6.45) is 1.82. The third-order valence-electron chi connectivity index (χ3n) is 2.89. The molecule has 0 aliphatic rings. The second-order valence-electron chi connectivity index (χ2n) is 4.58. The van der Waals surface area contributed by atoms with Crippen LogP contribution in [0.25, 0.3) is 0 Å². The molecule has 0 spiro atoms. The highest BCUT2D eigenvalue weighted by molar-refractivity contribution is 7.11. The molecular formula is C14H17N3OS. The number of nitrogens with two attached hydrogens (primary N) is 1. The molecule has 0 bridgehead atoms. The number of carbonyl (C=O) groups is 1. The van der Waals surface area contributed by atoms with Crippen LogP contribution in [0.3, 0.4) is 0 Å². The molecule has 0 aliphatic carbocycles. The number of rotatable bonds is 3. The number of nitrogen functional groups attached to an aromatic ring is 1. The Balaban J connectivity index is 2.14. The highest BCUT2D eigenvalue weighted by Crippen LogP contribution is 2.17. The summed E-state index contributed by atoms with van der Waals surface area (Å²) in [5.41, 5.74) is 7.97. The summed E-state index contributed by atoms with van der Waals surface area (Å²) in [6, 6.07) is 5.35. The zero-order valence-electron chi connectivity index (χ0n) is 11.3. The Hall–Kier alpha value is -1.88. The molecule has 0 unspecified atom stereocenters. The van der Waals surface area contributed by atoms with Crippen molar-refractivity contribution < 1.29 is 4.79 Å². The van der Waals surface area contributed by atoms with E-state index in [0.717, 1.165) is 15.4 Å². The maximum absolute atomic E-state index is 12.4. The number of aromatic nitrogens is 1. The van der Waals surface area contributed by atoms with Crippen LogP contribution in [-0.2, 0) is 6.54 Å². The fourth-order valence-corrected chi connectivity index (χ4v) is 2.76. The van der Waals surface area contributed by atoms with E-state index < -0.39 is 0 Å². The van der Waals surface area contributed by atoms with Crippen molar-refractivity contribution in [2.75, 3.05) is 12.8 Å². The van der Waals surface area contributed by atoms with Gasteiger partial charge in [-0.15, -0.1) is 11.3 Å². The van der Waals surface area contributed by atoms with Crippen LogP contribution in [0.1, 0.15) is 25.8 Å². The maximum atomic E-state index is 12.4. The lowest BCUT2D eigenvalue weighted by molar-refractivity contribution is 0.0785. The van der Waals surface area contributed by atoms with Gasteiger partial charge in [-0.3, -0.25) is 4.79 Å². The van der Waals surface area contributed by atoms with Gasteiger partial charge < -0.3 is 10.6 Å². The first-order valence-electron chi connectivity index (χ1n) is 6.00. The summed E-state index contributed by atoms with van der Waals surface area (Å²) >= 11 is 1.61. The minimum atomic E-state index is 0.00329. The fraction of sp³-hybridized carbons (Fsp3) is 0.286. The maximum Gasteiger partial charge on any atom is 0.254 e. The normalized spacial score (nSPS) is 10.5. The molecule has 0 aliphatic heterocycles. The Kier molecular flexibility index (Phi) is 3.85. The molecule has 1 aromatic carbocycles. The van der Waals surface area contributed by atoms with Gasteiger partial charge >= 0.3 is 0 Å². The summed E-state index contributed by atoms with van der Waals surface area (Å²) in [6.45, 7) is 4.43. The number of thiazole rings is 1. The van der Waals surface area contributed by atoms with Gasteiger partial charge in [0.1, 0.15) is 0 Å². The van der Waals surface area contributed by atoms with Gasteiger partial charge in [0.2, 0.25) is 0 Å². The molecule has 1 amide bonds. The van der Waals surface area contributed by atoms with Gasteiger partial charge in [0.15, 0.2) is 0 Å². The third-order valence-corrected chi connectivity index (χ3v) is 3.79. The number of nitrogens with zero attached hydrogens (tertiary/aromatic N) is 2. The predicted molar refractivity (Wildman–Crippen MR) is 78.2 cm³/mol. The van der Waals surface area contributed by atoms with E-state index in [1.54, 1.807) is 35.4 Å². The molecular weight excluding hydrogens is 258 g/mol. The summed E-state index contributed by atoms with van der Waals surface area (Å²) < 4.78 is 0. The van der Waals surface area contributed by atoms with Gasteiger partial charge in [-0.25, -0.2) is 4.98 Å². The number of amides is 1. The smallest absolute Gasteiger partial charge is 0.254 e. The van der Waals surface area contributed by atoms with Crippen LogP contribution >= 0.6 is 11.3 Å². The van der Waals surface area contributed by atoms with E-state index in [1.165, 1.54) is 0 Å². The molecule has 0 saturated carbocycles. The van der Waals surface area contributed by atoms with Gasteiger partial charge in [-0.2, -0.15) is 0 Å². The van der Waals surface area contributed by atoms with Gasteiger partial charge in [0.05, 0.1) is 11.6 Å². The molecule has 0 fully saturated rings. The van der Waals surface area contributed by atoms with Crippen molar-refractivity contribution in [3.63, 3.8) is 0 Å². The molecule has 0 atom stereocenters.